The van der Waals surface area contributed by atoms with E-state index < -0.39 is 0 Å². The van der Waals surface area contributed by atoms with Crippen LogP contribution in [0.1, 0.15) is 44.9 Å². The van der Waals surface area contributed by atoms with Crippen LogP contribution in [0.2, 0.25) is 0 Å². The van der Waals surface area contributed by atoms with Gasteiger partial charge >= 0.3 is 0 Å². The van der Waals surface area contributed by atoms with Crippen molar-refractivity contribution in [3.8, 4) is 0 Å². The molecule has 1 saturated heterocycles. The Morgan fingerprint density at radius 2 is 1.89 bits per heavy atom. The molecule has 0 aromatic heterocycles. The lowest BCUT2D eigenvalue weighted by Gasteiger charge is -2.21. The first-order valence-electron chi connectivity index (χ1n) is 7.30. The summed E-state index contributed by atoms with van der Waals surface area (Å²) in [6.45, 7) is 2.64. The third-order valence-electron chi connectivity index (χ3n) is 3.89. The molecule has 0 bridgehead atoms. The van der Waals surface area contributed by atoms with E-state index in [9.17, 15) is 4.79 Å². The van der Waals surface area contributed by atoms with Crippen molar-refractivity contribution in [1.82, 2.24) is 5.32 Å². The molecular weight excluding hydrogens is 246 g/mol. The van der Waals surface area contributed by atoms with Crippen LogP contribution < -0.4 is 5.32 Å². The number of hydrogen-bond acceptors (Lipinski definition) is 3. The molecule has 0 radical (unpaired) electrons. The summed E-state index contributed by atoms with van der Waals surface area (Å²) < 4.78 is 5.34. The molecule has 3 nitrogen and oxygen atoms in total. The standard InChI is InChI=1S/C14H25NO2S/c16-14(11-12-3-1-2-4-12)15-7-10-18-13-5-8-17-9-6-13/h12-13H,1-11H2,(H,15,16). The van der Waals surface area contributed by atoms with Crippen LogP contribution >= 0.6 is 11.8 Å². The number of ether oxygens (including phenoxy) is 1. The number of carbonyl (C=O) groups is 1. The third kappa shape index (κ3) is 5.19. The predicted molar refractivity (Wildman–Crippen MR) is 75.9 cm³/mol. The molecule has 18 heavy (non-hydrogen) atoms. The molecule has 1 N–H and O–H groups in total. The van der Waals surface area contributed by atoms with E-state index in [-0.39, 0.29) is 5.91 Å². The van der Waals surface area contributed by atoms with Crippen molar-refractivity contribution >= 4 is 17.7 Å². The highest BCUT2D eigenvalue weighted by molar-refractivity contribution is 7.99. The molecule has 0 aromatic carbocycles. The Kier molecular flexibility index (Phi) is 6.35. The van der Waals surface area contributed by atoms with Gasteiger partial charge in [-0.25, -0.2) is 0 Å². The van der Waals surface area contributed by atoms with Crippen LogP contribution in [-0.4, -0.2) is 36.7 Å². The fraction of sp³-hybridized carbons (Fsp3) is 0.929. The first-order valence-corrected chi connectivity index (χ1v) is 8.35. The summed E-state index contributed by atoms with van der Waals surface area (Å²) in [5.74, 6) is 1.96. The Balaban J connectivity index is 1.47. The van der Waals surface area contributed by atoms with Gasteiger partial charge in [0.1, 0.15) is 0 Å². The van der Waals surface area contributed by atoms with Crippen LogP contribution in [-0.2, 0) is 9.53 Å². The fourth-order valence-corrected chi connectivity index (χ4v) is 3.89. The maximum Gasteiger partial charge on any atom is 0.220 e. The highest BCUT2D eigenvalue weighted by Crippen LogP contribution is 2.27. The third-order valence-corrected chi connectivity index (χ3v) is 5.28. The second-order valence-corrected chi connectivity index (χ2v) is 6.80. The summed E-state index contributed by atoms with van der Waals surface area (Å²) in [4.78, 5) is 11.7. The van der Waals surface area contributed by atoms with E-state index in [0.717, 1.165) is 37.2 Å². The van der Waals surface area contributed by atoms with E-state index in [1.54, 1.807) is 0 Å². The Morgan fingerprint density at radius 3 is 2.61 bits per heavy atom. The van der Waals surface area contributed by atoms with E-state index in [2.05, 4.69) is 5.32 Å². The minimum absolute atomic E-state index is 0.259. The van der Waals surface area contributed by atoms with Crippen LogP contribution in [0.5, 0.6) is 0 Å². The summed E-state index contributed by atoms with van der Waals surface area (Å²) >= 11 is 1.99. The zero-order chi connectivity index (χ0) is 12.6. The van der Waals surface area contributed by atoms with Gasteiger partial charge in [-0.3, -0.25) is 4.79 Å². The zero-order valence-corrected chi connectivity index (χ0v) is 12.0. The first-order chi connectivity index (χ1) is 8.84. The van der Waals surface area contributed by atoms with Crippen LogP contribution in [0.25, 0.3) is 0 Å². The summed E-state index contributed by atoms with van der Waals surface area (Å²) in [6.07, 6.45) is 8.23. The highest BCUT2D eigenvalue weighted by Gasteiger charge is 2.18. The molecule has 2 fully saturated rings. The number of nitrogens with one attached hydrogen (secondary N) is 1. The molecule has 1 saturated carbocycles. The van der Waals surface area contributed by atoms with E-state index in [0.29, 0.717) is 5.92 Å². The summed E-state index contributed by atoms with van der Waals surface area (Å²) in [5, 5.41) is 3.80. The molecular formula is C14H25NO2S. The lowest BCUT2D eigenvalue weighted by atomic mass is 10.0. The SMILES string of the molecule is O=C(CC1CCCC1)NCCSC1CCOCC1. The normalized spacial score (nSPS) is 22.2. The van der Waals surface area contributed by atoms with Gasteiger partial charge in [0.2, 0.25) is 5.91 Å². The van der Waals surface area contributed by atoms with Gasteiger partial charge in [-0.2, -0.15) is 11.8 Å². The van der Waals surface area contributed by atoms with Crippen LogP contribution in [0.4, 0.5) is 0 Å². The Morgan fingerprint density at radius 1 is 1.17 bits per heavy atom. The minimum atomic E-state index is 0.259. The van der Waals surface area contributed by atoms with Crippen molar-refractivity contribution in [2.45, 2.75) is 50.2 Å². The molecule has 4 heteroatoms. The molecule has 1 heterocycles. The number of hydrogen-bond donors (Lipinski definition) is 1. The molecule has 0 aromatic rings. The van der Waals surface area contributed by atoms with Gasteiger partial charge in [-0.15, -0.1) is 0 Å². The lowest BCUT2D eigenvalue weighted by molar-refractivity contribution is -0.121. The van der Waals surface area contributed by atoms with E-state index in [1.807, 2.05) is 11.8 Å². The molecule has 0 spiro atoms. The molecule has 0 atom stereocenters. The minimum Gasteiger partial charge on any atom is -0.381 e. The van der Waals surface area contributed by atoms with Gasteiger partial charge in [0.15, 0.2) is 0 Å². The number of amides is 1. The average Bonchev–Trinajstić information content (AvgIpc) is 2.89. The second-order valence-electron chi connectivity index (χ2n) is 5.39. The van der Waals surface area contributed by atoms with Gasteiger partial charge in [-0.1, -0.05) is 12.8 Å². The van der Waals surface area contributed by atoms with Gasteiger partial charge in [-0.05, 0) is 31.6 Å². The van der Waals surface area contributed by atoms with Crippen molar-refractivity contribution in [2.75, 3.05) is 25.5 Å². The largest absolute Gasteiger partial charge is 0.381 e. The van der Waals surface area contributed by atoms with Crippen LogP contribution in [0.15, 0.2) is 0 Å². The number of thioether (sulfide) groups is 1. The molecule has 2 aliphatic rings. The molecule has 1 aliphatic carbocycles. The second kappa shape index (κ2) is 8.05. The smallest absolute Gasteiger partial charge is 0.220 e. The average molecular weight is 271 g/mol. The van der Waals surface area contributed by atoms with Crippen LogP contribution in [0, 0.1) is 5.92 Å². The van der Waals surface area contributed by atoms with E-state index in [4.69, 9.17) is 4.74 Å². The fourth-order valence-electron chi connectivity index (χ4n) is 2.81. The monoisotopic (exact) mass is 271 g/mol. The zero-order valence-electron chi connectivity index (χ0n) is 11.2. The lowest BCUT2D eigenvalue weighted by Crippen LogP contribution is -2.28. The topological polar surface area (TPSA) is 38.3 Å². The summed E-state index contributed by atoms with van der Waals surface area (Å²) in [5.41, 5.74) is 0. The molecule has 2 rings (SSSR count). The first kappa shape index (κ1) is 14.2. The Labute approximate surface area is 114 Å². The van der Waals surface area contributed by atoms with E-state index in [1.165, 1.54) is 38.5 Å². The maximum absolute atomic E-state index is 11.7. The van der Waals surface area contributed by atoms with Crippen molar-refractivity contribution in [1.29, 1.82) is 0 Å². The van der Waals surface area contributed by atoms with Gasteiger partial charge < -0.3 is 10.1 Å². The van der Waals surface area contributed by atoms with Gasteiger partial charge in [0, 0.05) is 37.2 Å². The van der Waals surface area contributed by atoms with Crippen molar-refractivity contribution < 1.29 is 9.53 Å². The van der Waals surface area contributed by atoms with Crippen molar-refractivity contribution in [3.05, 3.63) is 0 Å². The van der Waals surface area contributed by atoms with Crippen molar-refractivity contribution in [3.63, 3.8) is 0 Å². The molecule has 1 amide bonds. The number of carbonyl (C=O) groups excluding carboxylic acids is 1. The summed E-state index contributed by atoms with van der Waals surface area (Å²) in [7, 11) is 0. The van der Waals surface area contributed by atoms with Crippen LogP contribution in [0.3, 0.4) is 0 Å². The maximum atomic E-state index is 11.7. The quantitative estimate of drug-likeness (QED) is 0.755. The van der Waals surface area contributed by atoms with E-state index >= 15 is 0 Å². The molecule has 0 unspecified atom stereocenters. The Bertz CT molecular complexity index is 248. The van der Waals surface area contributed by atoms with Gasteiger partial charge in [0.25, 0.3) is 0 Å². The molecule has 104 valence electrons. The highest BCUT2D eigenvalue weighted by atomic mass is 32.2. The predicted octanol–water partition coefficient (Wildman–Crippen LogP) is 2.60. The summed E-state index contributed by atoms with van der Waals surface area (Å²) in [6, 6.07) is 0. The van der Waals surface area contributed by atoms with Crippen molar-refractivity contribution in [2.24, 2.45) is 5.92 Å². The number of rotatable bonds is 6. The molecule has 1 aliphatic heterocycles. The van der Waals surface area contributed by atoms with Gasteiger partial charge in [0.05, 0.1) is 0 Å². The Hall–Kier alpha value is -0.220.